The van der Waals surface area contributed by atoms with Gasteiger partial charge in [0.15, 0.2) is 0 Å². The number of amides is 2. The number of halogens is 1. The summed E-state index contributed by atoms with van der Waals surface area (Å²) in [6.07, 6.45) is 2.59. The van der Waals surface area contributed by atoms with E-state index in [4.69, 9.17) is 4.42 Å². The number of likely N-dealkylation sites (tertiary alicyclic amines) is 1. The molecule has 5 rings (SSSR count). The number of likely N-dealkylation sites (N-methyl/N-ethyl adjacent to an activating group) is 2. The van der Waals surface area contributed by atoms with E-state index in [0.29, 0.717) is 33.9 Å². The molecule has 2 aliphatic rings. The maximum Gasteiger partial charge on any atom is 0.256 e. The van der Waals surface area contributed by atoms with Gasteiger partial charge in [-0.3, -0.25) is 9.59 Å². The lowest BCUT2D eigenvalue weighted by atomic mass is 10.1. The van der Waals surface area contributed by atoms with Crippen LogP contribution in [0.1, 0.15) is 28.1 Å². The van der Waals surface area contributed by atoms with E-state index in [9.17, 15) is 14.0 Å². The Labute approximate surface area is 191 Å². The van der Waals surface area contributed by atoms with Gasteiger partial charge in [0.2, 0.25) is 0 Å². The maximum absolute atomic E-state index is 13.7. The Kier molecular flexibility index (Phi) is 5.34. The third-order valence-electron chi connectivity index (χ3n) is 6.33. The summed E-state index contributed by atoms with van der Waals surface area (Å²) in [6.45, 7) is 1.89. The van der Waals surface area contributed by atoms with Gasteiger partial charge in [-0.15, -0.1) is 0 Å². The quantitative estimate of drug-likeness (QED) is 0.607. The van der Waals surface area contributed by atoms with Gasteiger partial charge in [-0.25, -0.2) is 4.39 Å². The van der Waals surface area contributed by atoms with E-state index < -0.39 is 5.82 Å². The molecule has 6 nitrogen and oxygen atoms in total. The Balaban J connectivity index is 1.34. The molecule has 1 atom stereocenters. The zero-order valence-electron chi connectivity index (χ0n) is 18.5. The van der Waals surface area contributed by atoms with Gasteiger partial charge in [0, 0.05) is 42.0 Å². The lowest BCUT2D eigenvalue weighted by Crippen LogP contribution is -2.38. The lowest BCUT2D eigenvalue weighted by Gasteiger charge is -2.24. The molecule has 2 aromatic carbocycles. The fraction of sp³-hybridized carbons (Fsp3) is 0.231. The molecule has 0 bridgehead atoms. The third-order valence-corrected chi connectivity index (χ3v) is 6.33. The van der Waals surface area contributed by atoms with E-state index >= 15 is 0 Å². The zero-order valence-corrected chi connectivity index (χ0v) is 18.5. The van der Waals surface area contributed by atoms with Crippen LogP contribution in [0.15, 0.2) is 59.0 Å². The average molecular weight is 445 g/mol. The normalized spacial score (nSPS) is 19.1. The highest BCUT2D eigenvalue weighted by molar-refractivity contribution is 6.34. The number of fused-ring (bicyclic) bond motifs is 1. The lowest BCUT2D eigenvalue weighted by molar-refractivity contribution is -0.110. The third kappa shape index (κ3) is 4.07. The van der Waals surface area contributed by atoms with E-state index in [1.54, 1.807) is 30.3 Å². The summed E-state index contributed by atoms with van der Waals surface area (Å²) in [6, 6.07) is 15.3. The van der Waals surface area contributed by atoms with Crippen LogP contribution in [0.2, 0.25) is 0 Å². The number of carbonyl (C=O) groups excluding carboxylic acids is 2. The van der Waals surface area contributed by atoms with Gasteiger partial charge in [-0.1, -0.05) is 12.1 Å². The minimum absolute atomic E-state index is 0.00450. The molecule has 1 N–H and O–H groups in total. The van der Waals surface area contributed by atoms with Crippen LogP contribution in [0.3, 0.4) is 0 Å². The highest BCUT2D eigenvalue weighted by Gasteiger charge is 2.27. The van der Waals surface area contributed by atoms with Crippen LogP contribution in [0, 0.1) is 5.82 Å². The molecule has 7 heteroatoms. The first-order valence-electron chi connectivity index (χ1n) is 10.9. The molecule has 1 saturated heterocycles. The van der Waals surface area contributed by atoms with Gasteiger partial charge in [0.25, 0.3) is 11.8 Å². The number of furan rings is 1. The summed E-state index contributed by atoms with van der Waals surface area (Å²) in [4.78, 5) is 29.2. The van der Waals surface area contributed by atoms with Crippen LogP contribution < -0.4 is 5.32 Å². The molecule has 3 heterocycles. The highest BCUT2D eigenvalue weighted by atomic mass is 19.1. The maximum atomic E-state index is 13.7. The van der Waals surface area contributed by atoms with Crippen molar-refractivity contribution < 1.29 is 18.4 Å². The minimum atomic E-state index is -0.406. The highest BCUT2D eigenvalue weighted by Crippen LogP contribution is 2.34. The molecular formula is C26H24FN3O3. The SMILES string of the molecule is CN1CCC(N(C)C(=O)c2ccc(-c3ccc(/C=C4/C(=O)Nc5ccc(F)cc54)o3)cc2)C1. The molecular weight excluding hydrogens is 421 g/mol. The fourth-order valence-corrected chi connectivity index (χ4v) is 4.41. The molecule has 1 fully saturated rings. The number of anilines is 1. The predicted molar refractivity (Wildman–Crippen MR) is 125 cm³/mol. The zero-order chi connectivity index (χ0) is 23.1. The van der Waals surface area contributed by atoms with Crippen molar-refractivity contribution in [1.29, 1.82) is 0 Å². The second kappa shape index (κ2) is 8.33. The van der Waals surface area contributed by atoms with Crippen LogP contribution in [0.5, 0.6) is 0 Å². The van der Waals surface area contributed by atoms with Crippen LogP contribution >= 0.6 is 0 Å². The summed E-state index contributed by atoms with van der Waals surface area (Å²) in [7, 11) is 3.92. The number of rotatable bonds is 4. The van der Waals surface area contributed by atoms with Crippen LogP contribution in [0.25, 0.3) is 23.0 Å². The van der Waals surface area contributed by atoms with E-state index in [1.165, 1.54) is 12.1 Å². The van der Waals surface area contributed by atoms with Crippen molar-refractivity contribution in [2.75, 3.05) is 32.5 Å². The van der Waals surface area contributed by atoms with E-state index in [2.05, 4.69) is 17.3 Å². The molecule has 33 heavy (non-hydrogen) atoms. The summed E-state index contributed by atoms with van der Waals surface area (Å²) in [5.74, 6) is 0.400. The largest absolute Gasteiger partial charge is 0.457 e. The van der Waals surface area contributed by atoms with Gasteiger partial charge in [-0.05, 0) is 68.6 Å². The number of benzene rings is 2. The summed E-state index contributed by atoms with van der Waals surface area (Å²) >= 11 is 0. The van der Waals surface area contributed by atoms with Crippen molar-refractivity contribution in [2.45, 2.75) is 12.5 Å². The molecule has 1 aromatic heterocycles. The number of hydrogen-bond acceptors (Lipinski definition) is 4. The minimum Gasteiger partial charge on any atom is -0.457 e. The van der Waals surface area contributed by atoms with Gasteiger partial charge >= 0.3 is 0 Å². The summed E-state index contributed by atoms with van der Waals surface area (Å²) in [5.41, 5.74) is 2.90. The Morgan fingerprint density at radius 1 is 1.18 bits per heavy atom. The second-order valence-corrected chi connectivity index (χ2v) is 8.60. The monoisotopic (exact) mass is 445 g/mol. The Hall–Kier alpha value is -3.71. The molecule has 2 amide bonds. The van der Waals surface area contributed by atoms with E-state index in [-0.39, 0.29) is 17.9 Å². The predicted octanol–water partition coefficient (Wildman–Crippen LogP) is 4.35. The fourth-order valence-electron chi connectivity index (χ4n) is 4.41. The molecule has 0 radical (unpaired) electrons. The van der Waals surface area contributed by atoms with Crippen LogP contribution in [-0.2, 0) is 4.79 Å². The van der Waals surface area contributed by atoms with Crippen LogP contribution in [-0.4, -0.2) is 54.8 Å². The molecule has 0 saturated carbocycles. The van der Waals surface area contributed by atoms with Crippen molar-refractivity contribution in [2.24, 2.45) is 0 Å². The number of hydrogen-bond donors (Lipinski definition) is 1. The number of carbonyl (C=O) groups is 2. The Morgan fingerprint density at radius 2 is 1.97 bits per heavy atom. The van der Waals surface area contributed by atoms with Gasteiger partial charge in [-0.2, -0.15) is 0 Å². The van der Waals surface area contributed by atoms with Crippen molar-refractivity contribution in [3.8, 4) is 11.3 Å². The van der Waals surface area contributed by atoms with Gasteiger partial charge in [0.1, 0.15) is 17.3 Å². The summed E-state index contributed by atoms with van der Waals surface area (Å²) < 4.78 is 19.6. The number of nitrogens with one attached hydrogen (secondary N) is 1. The molecule has 0 aliphatic carbocycles. The smallest absolute Gasteiger partial charge is 0.256 e. The first-order valence-corrected chi connectivity index (χ1v) is 10.9. The first-order chi connectivity index (χ1) is 15.9. The first kappa shape index (κ1) is 21.2. The van der Waals surface area contributed by atoms with Crippen molar-refractivity contribution >= 4 is 29.2 Å². The molecule has 0 spiro atoms. The molecule has 168 valence electrons. The Morgan fingerprint density at radius 3 is 2.70 bits per heavy atom. The molecule has 3 aromatic rings. The van der Waals surface area contributed by atoms with E-state index in [1.807, 2.05) is 30.1 Å². The van der Waals surface area contributed by atoms with E-state index in [0.717, 1.165) is 25.1 Å². The van der Waals surface area contributed by atoms with Gasteiger partial charge < -0.3 is 19.5 Å². The van der Waals surface area contributed by atoms with Crippen molar-refractivity contribution in [1.82, 2.24) is 9.80 Å². The summed E-state index contributed by atoms with van der Waals surface area (Å²) in [5, 5.41) is 2.73. The average Bonchev–Trinajstić information content (AvgIpc) is 3.53. The Bertz CT molecular complexity index is 1260. The van der Waals surface area contributed by atoms with Gasteiger partial charge in [0.05, 0.1) is 5.57 Å². The standard InChI is InChI=1S/C26H24FN3O3/c1-29-12-11-19(15-29)30(2)26(32)17-5-3-16(4-6-17)24-10-8-20(33-24)14-22-21-13-18(27)7-9-23(21)28-25(22)31/h3-10,13-14,19H,11-12,15H2,1-2H3,(H,28,31)/b22-14+. The van der Waals surface area contributed by atoms with Crippen molar-refractivity contribution in [3.05, 3.63) is 77.3 Å². The van der Waals surface area contributed by atoms with Crippen molar-refractivity contribution in [3.63, 3.8) is 0 Å². The topological polar surface area (TPSA) is 65.8 Å². The molecule has 2 aliphatic heterocycles. The van der Waals surface area contributed by atoms with Crippen LogP contribution in [0.4, 0.5) is 10.1 Å². The molecule has 1 unspecified atom stereocenters. The number of nitrogens with zero attached hydrogens (tertiary/aromatic N) is 2. The second-order valence-electron chi connectivity index (χ2n) is 8.60.